The quantitative estimate of drug-likeness (QED) is 0.823. The Morgan fingerprint density at radius 3 is 2.64 bits per heavy atom. The molecule has 0 spiro atoms. The second kappa shape index (κ2) is 7.71. The lowest BCUT2D eigenvalue weighted by Gasteiger charge is -2.16. The summed E-state index contributed by atoms with van der Waals surface area (Å²) >= 11 is 0. The van der Waals surface area contributed by atoms with Crippen molar-refractivity contribution in [2.45, 2.75) is 32.9 Å². The van der Waals surface area contributed by atoms with Crippen LogP contribution in [0.25, 0.3) is 11.1 Å². The Hall–Kier alpha value is -2.20. The smallest absolute Gasteiger partial charge is 0.320 e. The molecule has 1 heterocycles. The van der Waals surface area contributed by atoms with Crippen molar-refractivity contribution in [1.29, 1.82) is 0 Å². The summed E-state index contributed by atoms with van der Waals surface area (Å²) in [5.41, 5.74) is 3.21. The van der Waals surface area contributed by atoms with Crippen LogP contribution < -0.4 is 5.32 Å². The van der Waals surface area contributed by atoms with E-state index in [4.69, 9.17) is 0 Å². The first-order valence-electron chi connectivity index (χ1n) is 7.52. The monoisotopic (exact) mass is 298 g/mol. The molecule has 1 aromatic heterocycles. The van der Waals surface area contributed by atoms with Gasteiger partial charge >= 0.3 is 5.97 Å². The van der Waals surface area contributed by atoms with Crippen LogP contribution in [0.4, 0.5) is 0 Å². The topological polar surface area (TPSA) is 62.2 Å². The van der Waals surface area contributed by atoms with Crippen molar-refractivity contribution in [2.75, 3.05) is 0 Å². The fraction of sp³-hybridized carbons (Fsp3) is 0.333. The van der Waals surface area contributed by atoms with Crippen LogP contribution in [0.1, 0.15) is 25.8 Å². The Kier molecular flexibility index (Phi) is 5.67. The lowest BCUT2D eigenvalue weighted by molar-refractivity contribution is -0.140. The van der Waals surface area contributed by atoms with Crippen LogP contribution in [-0.2, 0) is 11.3 Å². The number of hydrogen-bond donors (Lipinski definition) is 2. The largest absolute Gasteiger partial charge is 0.480 e. The molecule has 0 amide bonds. The van der Waals surface area contributed by atoms with Crippen molar-refractivity contribution in [3.05, 3.63) is 54.4 Å². The van der Waals surface area contributed by atoms with Gasteiger partial charge in [0.1, 0.15) is 6.04 Å². The van der Waals surface area contributed by atoms with Gasteiger partial charge in [-0.3, -0.25) is 9.78 Å². The highest BCUT2D eigenvalue weighted by atomic mass is 16.4. The van der Waals surface area contributed by atoms with Gasteiger partial charge in [0.2, 0.25) is 0 Å². The van der Waals surface area contributed by atoms with E-state index in [0.29, 0.717) is 18.9 Å². The maximum absolute atomic E-state index is 11.3. The third-order valence-electron chi connectivity index (χ3n) is 3.48. The molecule has 0 aliphatic rings. The van der Waals surface area contributed by atoms with Crippen LogP contribution in [0.15, 0.2) is 48.8 Å². The van der Waals surface area contributed by atoms with E-state index in [2.05, 4.69) is 16.4 Å². The fourth-order valence-electron chi connectivity index (χ4n) is 2.38. The highest BCUT2D eigenvalue weighted by Gasteiger charge is 2.17. The third kappa shape index (κ3) is 4.67. The zero-order valence-electron chi connectivity index (χ0n) is 13.0. The first-order valence-corrected chi connectivity index (χ1v) is 7.52. The predicted molar refractivity (Wildman–Crippen MR) is 87.4 cm³/mol. The zero-order valence-corrected chi connectivity index (χ0v) is 13.0. The summed E-state index contributed by atoms with van der Waals surface area (Å²) in [6.07, 6.45) is 4.20. The van der Waals surface area contributed by atoms with E-state index in [1.165, 1.54) is 0 Å². The predicted octanol–water partition coefficient (Wildman–Crippen LogP) is 3.34. The molecule has 0 aliphatic heterocycles. The van der Waals surface area contributed by atoms with Crippen LogP contribution in [0.5, 0.6) is 0 Å². The van der Waals surface area contributed by atoms with Gasteiger partial charge in [0.25, 0.3) is 0 Å². The molecule has 116 valence electrons. The summed E-state index contributed by atoms with van der Waals surface area (Å²) in [6, 6.07) is 11.5. The van der Waals surface area contributed by atoms with Gasteiger partial charge in [-0.05, 0) is 41.2 Å². The van der Waals surface area contributed by atoms with Crippen molar-refractivity contribution in [2.24, 2.45) is 5.92 Å². The Morgan fingerprint density at radius 1 is 1.23 bits per heavy atom. The first-order chi connectivity index (χ1) is 10.6. The van der Waals surface area contributed by atoms with Gasteiger partial charge in [0.05, 0.1) is 0 Å². The molecular weight excluding hydrogens is 276 g/mol. The van der Waals surface area contributed by atoms with Gasteiger partial charge in [-0.25, -0.2) is 0 Å². The number of carboxylic acid groups (broad SMARTS) is 1. The van der Waals surface area contributed by atoms with E-state index in [1.54, 1.807) is 6.20 Å². The highest BCUT2D eigenvalue weighted by Crippen LogP contribution is 2.19. The summed E-state index contributed by atoms with van der Waals surface area (Å²) in [6.45, 7) is 4.60. The summed E-state index contributed by atoms with van der Waals surface area (Å²) in [4.78, 5) is 15.4. The summed E-state index contributed by atoms with van der Waals surface area (Å²) in [5, 5.41) is 12.4. The van der Waals surface area contributed by atoms with E-state index in [1.807, 2.05) is 50.4 Å². The average molecular weight is 298 g/mol. The van der Waals surface area contributed by atoms with Crippen LogP contribution in [0, 0.1) is 5.92 Å². The van der Waals surface area contributed by atoms with Gasteiger partial charge < -0.3 is 10.4 Å². The molecule has 2 rings (SSSR count). The number of nitrogens with zero attached hydrogens (tertiary/aromatic N) is 1. The molecule has 2 N–H and O–H groups in total. The SMILES string of the molecule is CC(C)C[C@@H](NCc1cccc(-c2cccnc2)c1)C(=O)O. The number of aromatic nitrogens is 1. The van der Waals surface area contributed by atoms with Crippen molar-refractivity contribution < 1.29 is 9.90 Å². The van der Waals surface area contributed by atoms with Gasteiger partial charge in [0, 0.05) is 18.9 Å². The minimum Gasteiger partial charge on any atom is -0.480 e. The fourth-order valence-corrected chi connectivity index (χ4v) is 2.38. The first kappa shape index (κ1) is 16.2. The van der Waals surface area contributed by atoms with Gasteiger partial charge in [-0.2, -0.15) is 0 Å². The molecule has 4 nitrogen and oxygen atoms in total. The summed E-state index contributed by atoms with van der Waals surface area (Å²) < 4.78 is 0. The number of rotatable bonds is 7. The van der Waals surface area contributed by atoms with Crippen molar-refractivity contribution in [1.82, 2.24) is 10.3 Å². The lowest BCUT2D eigenvalue weighted by atomic mass is 10.0. The number of nitrogens with one attached hydrogen (secondary N) is 1. The van der Waals surface area contributed by atoms with E-state index in [9.17, 15) is 9.90 Å². The van der Waals surface area contributed by atoms with E-state index >= 15 is 0 Å². The van der Waals surface area contributed by atoms with Crippen LogP contribution in [-0.4, -0.2) is 22.1 Å². The zero-order chi connectivity index (χ0) is 15.9. The minimum atomic E-state index is -0.794. The molecule has 0 aliphatic carbocycles. The number of carboxylic acids is 1. The number of pyridine rings is 1. The van der Waals surface area contributed by atoms with Crippen LogP contribution in [0.2, 0.25) is 0 Å². The maximum Gasteiger partial charge on any atom is 0.320 e. The molecule has 1 atom stereocenters. The molecule has 0 saturated heterocycles. The number of hydrogen-bond acceptors (Lipinski definition) is 3. The Balaban J connectivity index is 2.06. The summed E-state index contributed by atoms with van der Waals surface area (Å²) in [5.74, 6) is -0.451. The van der Waals surface area contributed by atoms with E-state index in [0.717, 1.165) is 16.7 Å². The molecule has 4 heteroatoms. The average Bonchev–Trinajstić information content (AvgIpc) is 2.52. The molecule has 2 aromatic rings. The second-order valence-corrected chi connectivity index (χ2v) is 5.84. The molecule has 0 bridgehead atoms. The van der Waals surface area contributed by atoms with Crippen LogP contribution in [0.3, 0.4) is 0 Å². The standard InChI is InChI=1S/C18H22N2O2/c1-13(2)9-17(18(21)22)20-11-14-5-3-6-15(10-14)16-7-4-8-19-12-16/h3-8,10,12-13,17,20H,9,11H2,1-2H3,(H,21,22)/t17-/m1/s1. The molecular formula is C18H22N2O2. The molecule has 0 saturated carbocycles. The van der Waals surface area contributed by atoms with E-state index < -0.39 is 12.0 Å². The Labute approximate surface area is 131 Å². The molecule has 0 fully saturated rings. The molecule has 22 heavy (non-hydrogen) atoms. The van der Waals surface area contributed by atoms with Gasteiger partial charge in [-0.15, -0.1) is 0 Å². The number of carbonyl (C=O) groups is 1. The summed E-state index contributed by atoms with van der Waals surface area (Å²) in [7, 11) is 0. The molecule has 0 unspecified atom stereocenters. The van der Waals surface area contributed by atoms with Crippen LogP contribution >= 0.6 is 0 Å². The highest BCUT2D eigenvalue weighted by molar-refractivity contribution is 5.73. The second-order valence-electron chi connectivity index (χ2n) is 5.84. The van der Waals surface area contributed by atoms with Crippen molar-refractivity contribution in [3.8, 4) is 11.1 Å². The van der Waals surface area contributed by atoms with Gasteiger partial charge in [-0.1, -0.05) is 38.1 Å². The van der Waals surface area contributed by atoms with Crippen molar-refractivity contribution >= 4 is 5.97 Å². The normalized spacial score (nSPS) is 12.3. The maximum atomic E-state index is 11.3. The number of benzene rings is 1. The minimum absolute atomic E-state index is 0.343. The third-order valence-corrected chi connectivity index (χ3v) is 3.48. The number of aliphatic carboxylic acids is 1. The lowest BCUT2D eigenvalue weighted by Crippen LogP contribution is -2.37. The van der Waals surface area contributed by atoms with E-state index in [-0.39, 0.29) is 0 Å². The Bertz CT molecular complexity index is 611. The molecule has 0 radical (unpaired) electrons. The Morgan fingerprint density at radius 2 is 2.00 bits per heavy atom. The van der Waals surface area contributed by atoms with Gasteiger partial charge in [0.15, 0.2) is 0 Å². The molecule has 1 aromatic carbocycles. The van der Waals surface area contributed by atoms with Crippen molar-refractivity contribution in [3.63, 3.8) is 0 Å².